The number of carboxylic acids is 1. The Hall–Kier alpha value is -3.81. The largest absolute Gasteiger partial charge is 0.480 e. The van der Waals surface area contributed by atoms with Crippen LogP contribution in [0.3, 0.4) is 0 Å². The number of H-pyrrole nitrogens is 1. The van der Waals surface area contributed by atoms with Crippen LogP contribution < -0.4 is 11.5 Å². The lowest BCUT2D eigenvalue weighted by Crippen LogP contribution is -2.56. The summed E-state index contributed by atoms with van der Waals surface area (Å²) in [7, 11) is 0. The van der Waals surface area contributed by atoms with Crippen LogP contribution in [0.5, 0.6) is 0 Å². The fraction of sp³-hybridized carbons (Fsp3) is 0.160. The highest BCUT2D eigenvalue weighted by atomic mass is 16.4. The van der Waals surface area contributed by atoms with E-state index in [4.69, 9.17) is 11.5 Å². The van der Waals surface area contributed by atoms with Gasteiger partial charge in [0, 0.05) is 24.9 Å². The SMILES string of the molecule is NCc1ccccc1C(=O)C(N)(Cc1ccc(Cc2nc3ccccc3[nH]2)cc1)C(=O)O. The van der Waals surface area contributed by atoms with Crippen LogP contribution in [-0.2, 0) is 24.2 Å². The summed E-state index contributed by atoms with van der Waals surface area (Å²) in [5.41, 5.74) is 14.1. The van der Waals surface area contributed by atoms with E-state index in [9.17, 15) is 14.7 Å². The number of aromatic amines is 1. The van der Waals surface area contributed by atoms with Gasteiger partial charge in [0.2, 0.25) is 0 Å². The average Bonchev–Trinajstić information content (AvgIpc) is 3.22. The molecule has 1 atom stereocenters. The van der Waals surface area contributed by atoms with Gasteiger partial charge in [0.15, 0.2) is 11.3 Å². The van der Waals surface area contributed by atoms with Crippen molar-refractivity contribution in [1.29, 1.82) is 0 Å². The Morgan fingerprint density at radius 3 is 2.28 bits per heavy atom. The Balaban J connectivity index is 1.54. The molecule has 1 heterocycles. The first-order valence-electron chi connectivity index (χ1n) is 10.3. The number of imidazole rings is 1. The lowest BCUT2D eigenvalue weighted by molar-refractivity contribution is -0.141. The predicted octanol–water partition coefficient (Wildman–Crippen LogP) is 2.82. The maximum Gasteiger partial charge on any atom is 0.332 e. The average molecular weight is 428 g/mol. The molecule has 7 heteroatoms. The van der Waals surface area contributed by atoms with Crippen LogP contribution in [-0.4, -0.2) is 32.4 Å². The monoisotopic (exact) mass is 428 g/mol. The van der Waals surface area contributed by atoms with Gasteiger partial charge in [0.25, 0.3) is 0 Å². The lowest BCUT2D eigenvalue weighted by atomic mass is 9.83. The first-order chi connectivity index (χ1) is 15.4. The molecule has 0 aliphatic rings. The van der Waals surface area contributed by atoms with Crippen molar-refractivity contribution in [2.24, 2.45) is 11.5 Å². The van der Waals surface area contributed by atoms with Gasteiger partial charge in [0.05, 0.1) is 11.0 Å². The van der Waals surface area contributed by atoms with Crippen molar-refractivity contribution in [2.45, 2.75) is 24.9 Å². The van der Waals surface area contributed by atoms with Gasteiger partial charge in [-0.3, -0.25) is 4.79 Å². The molecule has 0 bridgehead atoms. The van der Waals surface area contributed by atoms with E-state index < -0.39 is 17.3 Å². The van der Waals surface area contributed by atoms with E-state index in [1.165, 1.54) is 0 Å². The predicted molar refractivity (Wildman–Crippen MR) is 122 cm³/mol. The Morgan fingerprint density at radius 1 is 0.938 bits per heavy atom. The highest BCUT2D eigenvalue weighted by molar-refractivity contribution is 6.16. The molecule has 4 aromatic rings. The van der Waals surface area contributed by atoms with E-state index >= 15 is 0 Å². The van der Waals surface area contributed by atoms with Crippen molar-refractivity contribution >= 4 is 22.8 Å². The van der Waals surface area contributed by atoms with Crippen molar-refractivity contribution in [2.75, 3.05) is 0 Å². The molecule has 6 N–H and O–H groups in total. The quantitative estimate of drug-likeness (QED) is 0.252. The first-order valence-corrected chi connectivity index (χ1v) is 10.3. The highest BCUT2D eigenvalue weighted by Crippen LogP contribution is 2.21. The number of aromatic nitrogens is 2. The molecule has 4 rings (SSSR count). The zero-order valence-electron chi connectivity index (χ0n) is 17.4. The minimum atomic E-state index is -2.09. The fourth-order valence-electron chi connectivity index (χ4n) is 3.79. The van der Waals surface area contributed by atoms with Crippen molar-refractivity contribution in [1.82, 2.24) is 9.97 Å². The number of para-hydroxylation sites is 2. The number of carbonyl (C=O) groups is 2. The normalized spacial score (nSPS) is 13.1. The summed E-state index contributed by atoms with van der Waals surface area (Å²) < 4.78 is 0. The number of hydrogen-bond acceptors (Lipinski definition) is 5. The summed E-state index contributed by atoms with van der Waals surface area (Å²) >= 11 is 0. The van der Waals surface area contributed by atoms with Crippen LogP contribution in [0.2, 0.25) is 0 Å². The molecule has 0 saturated heterocycles. The summed E-state index contributed by atoms with van der Waals surface area (Å²) in [4.78, 5) is 33.0. The van der Waals surface area contributed by atoms with Crippen molar-refractivity contribution in [3.63, 3.8) is 0 Å². The smallest absolute Gasteiger partial charge is 0.332 e. The van der Waals surface area contributed by atoms with Gasteiger partial charge in [-0.15, -0.1) is 0 Å². The molecule has 0 radical (unpaired) electrons. The third-order valence-electron chi connectivity index (χ3n) is 5.58. The van der Waals surface area contributed by atoms with E-state index in [1.807, 2.05) is 36.4 Å². The zero-order valence-corrected chi connectivity index (χ0v) is 17.4. The van der Waals surface area contributed by atoms with Crippen LogP contribution in [0, 0.1) is 0 Å². The molecular formula is C25H24N4O3. The van der Waals surface area contributed by atoms with E-state index in [0.29, 0.717) is 17.5 Å². The van der Waals surface area contributed by atoms with Gasteiger partial charge >= 0.3 is 5.97 Å². The minimum Gasteiger partial charge on any atom is -0.480 e. The second-order valence-electron chi connectivity index (χ2n) is 7.84. The van der Waals surface area contributed by atoms with Crippen molar-refractivity contribution < 1.29 is 14.7 Å². The van der Waals surface area contributed by atoms with Gasteiger partial charge in [0.1, 0.15) is 5.82 Å². The number of rotatable bonds is 8. The van der Waals surface area contributed by atoms with Crippen LogP contribution in [0.1, 0.15) is 32.9 Å². The molecule has 0 aliphatic heterocycles. The molecule has 0 saturated carbocycles. The number of Topliss-reactive ketones (excluding diaryl/α,β-unsaturated/α-hetero) is 1. The summed E-state index contributed by atoms with van der Waals surface area (Å²) in [6, 6.07) is 21.9. The standard InChI is InChI=1S/C25H24N4O3/c26-15-18-5-1-2-6-19(18)23(30)25(27,24(31)32)14-17-11-9-16(10-12-17)13-22-28-20-7-3-4-8-21(20)29-22/h1-12H,13-15,26-27H2,(H,28,29)(H,31,32). The molecule has 0 aliphatic carbocycles. The highest BCUT2D eigenvalue weighted by Gasteiger charge is 2.43. The molecule has 0 spiro atoms. The summed E-state index contributed by atoms with van der Waals surface area (Å²) in [6.07, 6.45) is 0.468. The topological polar surface area (TPSA) is 135 Å². The molecule has 1 unspecified atom stereocenters. The Morgan fingerprint density at radius 2 is 1.59 bits per heavy atom. The number of benzene rings is 3. The number of carboxylic acid groups (broad SMARTS) is 1. The Labute approximate surface area is 185 Å². The molecule has 0 fully saturated rings. The number of nitrogens with one attached hydrogen (secondary N) is 1. The zero-order chi connectivity index (χ0) is 22.7. The van der Waals surface area contributed by atoms with Gasteiger partial charge in [-0.05, 0) is 28.8 Å². The number of fused-ring (bicyclic) bond motifs is 1. The second-order valence-corrected chi connectivity index (χ2v) is 7.84. The third kappa shape index (κ3) is 4.16. The molecule has 0 amide bonds. The van der Waals surface area contributed by atoms with E-state index in [-0.39, 0.29) is 18.5 Å². The maximum absolute atomic E-state index is 13.1. The lowest BCUT2D eigenvalue weighted by Gasteiger charge is -2.24. The van der Waals surface area contributed by atoms with Crippen molar-refractivity contribution in [3.8, 4) is 0 Å². The molecule has 32 heavy (non-hydrogen) atoms. The first kappa shape index (κ1) is 21.4. The van der Waals surface area contributed by atoms with E-state index in [1.54, 1.807) is 36.4 Å². The van der Waals surface area contributed by atoms with Gasteiger partial charge in [-0.1, -0.05) is 60.7 Å². The number of nitrogens with zero attached hydrogens (tertiary/aromatic N) is 1. The number of hydrogen-bond donors (Lipinski definition) is 4. The van der Waals surface area contributed by atoms with Crippen LogP contribution in [0.25, 0.3) is 11.0 Å². The molecule has 162 valence electrons. The maximum atomic E-state index is 13.1. The molecule has 1 aromatic heterocycles. The Kier molecular flexibility index (Phi) is 5.85. The molecule has 7 nitrogen and oxygen atoms in total. The number of aliphatic carboxylic acids is 1. The Bertz CT molecular complexity index is 1250. The van der Waals surface area contributed by atoms with E-state index in [2.05, 4.69) is 9.97 Å². The number of carbonyl (C=O) groups excluding carboxylic acids is 1. The fourth-order valence-corrected chi connectivity index (χ4v) is 3.79. The van der Waals surface area contributed by atoms with Crippen LogP contribution >= 0.6 is 0 Å². The molecular weight excluding hydrogens is 404 g/mol. The van der Waals surface area contributed by atoms with Gasteiger partial charge in [-0.25, -0.2) is 9.78 Å². The van der Waals surface area contributed by atoms with Gasteiger partial charge in [-0.2, -0.15) is 0 Å². The molecule has 3 aromatic carbocycles. The number of nitrogens with two attached hydrogens (primary N) is 2. The van der Waals surface area contributed by atoms with E-state index in [0.717, 1.165) is 22.4 Å². The third-order valence-corrected chi connectivity index (χ3v) is 5.58. The van der Waals surface area contributed by atoms with Crippen LogP contribution in [0.15, 0.2) is 72.8 Å². The summed E-state index contributed by atoms with van der Waals surface area (Å²) in [5.74, 6) is -1.19. The minimum absolute atomic E-state index is 0.119. The van der Waals surface area contributed by atoms with Gasteiger partial charge < -0.3 is 21.6 Å². The summed E-state index contributed by atoms with van der Waals surface area (Å²) in [6.45, 7) is 0.119. The summed E-state index contributed by atoms with van der Waals surface area (Å²) in [5, 5.41) is 9.82. The number of ketones is 1. The second kappa shape index (κ2) is 8.74. The van der Waals surface area contributed by atoms with Crippen LogP contribution in [0.4, 0.5) is 0 Å². The van der Waals surface area contributed by atoms with Crippen molar-refractivity contribution in [3.05, 3.63) is 101 Å².